The van der Waals surface area contributed by atoms with Crippen LogP contribution in [0.15, 0.2) is 57.5 Å². The summed E-state index contributed by atoms with van der Waals surface area (Å²) in [5.41, 5.74) is -3.03. The fourth-order valence-corrected chi connectivity index (χ4v) is 4.99. The number of nitrogens with two attached hydrogens (primary N) is 1. The van der Waals surface area contributed by atoms with Crippen LogP contribution in [-0.2, 0) is 22.4 Å². The standard InChI is InChI=1S/C20H10F6N6O3S2/c21-19(22,23)10-3-1-9(2-4-10)11-7-13(20(24,25)26)32-8-28-15(17(32)29-11)18-30-16(31-35-18)12-5-6-14(36-12)37(27,33)34/h1-8H,(H2,27,33,34). The molecule has 0 amide bonds. The number of hydrogen-bond acceptors (Lipinski definition) is 8. The number of rotatable bonds is 4. The number of halogens is 6. The van der Waals surface area contributed by atoms with E-state index in [1.807, 2.05) is 0 Å². The van der Waals surface area contributed by atoms with Crippen molar-refractivity contribution in [2.45, 2.75) is 16.6 Å². The van der Waals surface area contributed by atoms with E-state index in [0.29, 0.717) is 10.5 Å². The van der Waals surface area contributed by atoms with Gasteiger partial charge in [0.25, 0.3) is 5.89 Å². The molecule has 5 aromatic rings. The molecule has 4 aromatic heterocycles. The summed E-state index contributed by atoms with van der Waals surface area (Å²) >= 11 is 0.747. The van der Waals surface area contributed by atoms with E-state index in [1.165, 1.54) is 12.1 Å². The first-order valence-corrected chi connectivity index (χ1v) is 12.2. The summed E-state index contributed by atoms with van der Waals surface area (Å²) in [5, 5.41) is 8.80. The van der Waals surface area contributed by atoms with Crippen LogP contribution in [0.25, 0.3) is 39.2 Å². The van der Waals surface area contributed by atoms with Crippen molar-refractivity contribution >= 4 is 27.0 Å². The lowest BCUT2D eigenvalue weighted by molar-refractivity contribution is -0.142. The summed E-state index contributed by atoms with van der Waals surface area (Å²) in [5.74, 6) is -0.403. The molecule has 0 aliphatic heterocycles. The predicted octanol–water partition coefficient (Wildman–Crippen LogP) is 4.86. The number of imidazole rings is 1. The van der Waals surface area contributed by atoms with Gasteiger partial charge in [-0.15, -0.1) is 11.3 Å². The normalized spacial score (nSPS) is 12.9. The van der Waals surface area contributed by atoms with Crippen LogP contribution in [-0.4, -0.2) is 32.9 Å². The van der Waals surface area contributed by atoms with Gasteiger partial charge in [0.15, 0.2) is 11.3 Å². The molecule has 0 saturated carbocycles. The minimum atomic E-state index is -4.87. The second-order valence-corrected chi connectivity index (χ2v) is 10.3. The van der Waals surface area contributed by atoms with E-state index in [0.717, 1.165) is 41.9 Å². The summed E-state index contributed by atoms with van der Waals surface area (Å²) in [6.45, 7) is 0. The predicted molar refractivity (Wildman–Crippen MR) is 116 cm³/mol. The van der Waals surface area contributed by atoms with Gasteiger partial charge < -0.3 is 4.52 Å². The van der Waals surface area contributed by atoms with E-state index in [4.69, 9.17) is 9.66 Å². The quantitative estimate of drug-likeness (QED) is 0.311. The molecule has 1 aromatic carbocycles. The molecule has 0 radical (unpaired) electrons. The fourth-order valence-electron chi connectivity index (χ4n) is 3.33. The Balaban J connectivity index is 1.62. The Bertz CT molecular complexity index is 1740. The smallest absolute Gasteiger partial charge is 0.332 e. The lowest BCUT2D eigenvalue weighted by Gasteiger charge is -2.12. The summed E-state index contributed by atoms with van der Waals surface area (Å²) in [6, 6.07) is 6.74. The third-order valence-electron chi connectivity index (χ3n) is 5.01. The Morgan fingerprint density at radius 3 is 2.24 bits per heavy atom. The van der Waals surface area contributed by atoms with Gasteiger partial charge in [-0.25, -0.2) is 23.5 Å². The van der Waals surface area contributed by atoms with Gasteiger partial charge in [-0.3, -0.25) is 4.40 Å². The number of sulfonamides is 1. The maximum atomic E-state index is 13.8. The van der Waals surface area contributed by atoms with Crippen molar-refractivity contribution in [3.8, 4) is 33.5 Å². The van der Waals surface area contributed by atoms with Gasteiger partial charge >= 0.3 is 12.4 Å². The van der Waals surface area contributed by atoms with E-state index in [9.17, 15) is 34.8 Å². The molecule has 5 rings (SSSR count). The third-order valence-corrected chi connectivity index (χ3v) is 7.53. The molecule has 0 atom stereocenters. The van der Waals surface area contributed by atoms with Gasteiger partial charge in [0.1, 0.15) is 16.2 Å². The molecular formula is C20H10F6N6O3S2. The molecule has 0 aliphatic carbocycles. The largest absolute Gasteiger partial charge is 0.431 e. The Morgan fingerprint density at radius 1 is 0.946 bits per heavy atom. The molecule has 0 spiro atoms. The fraction of sp³-hybridized carbons (Fsp3) is 0.100. The second-order valence-electron chi connectivity index (χ2n) is 7.47. The number of fused-ring (bicyclic) bond motifs is 1. The SMILES string of the molecule is NS(=O)(=O)c1ccc(-c2noc(-c3ncn4c(C(F)(F)F)cc(-c5ccc(C(F)(F)F)cc5)nc34)n2)s1. The molecule has 0 fully saturated rings. The molecule has 0 bridgehead atoms. The van der Waals surface area contributed by atoms with Crippen LogP contribution < -0.4 is 5.14 Å². The van der Waals surface area contributed by atoms with Crippen LogP contribution in [0.1, 0.15) is 11.3 Å². The van der Waals surface area contributed by atoms with Gasteiger partial charge in [-0.2, -0.15) is 31.3 Å². The van der Waals surface area contributed by atoms with E-state index < -0.39 is 33.6 Å². The highest BCUT2D eigenvalue weighted by Crippen LogP contribution is 2.36. The zero-order valence-corrected chi connectivity index (χ0v) is 19.4. The maximum Gasteiger partial charge on any atom is 0.431 e. The molecule has 2 N–H and O–H groups in total. The van der Waals surface area contributed by atoms with Gasteiger partial charge in [-0.05, 0) is 30.3 Å². The molecule has 37 heavy (non-hydrogen) atoms. The number of alkyl halides is 6. The summed E-state index contributed by atoms with van der Waals surface area (Å²) < 4.78 is 109. The van der Waals surface area contributed by atoms with Crippen molar-refractivity contribution in [1.82, 2.24) is 24.5 Å². The molecule has 192 valence electrons. The Morgan fingerprint density at radius 2 is 1.65 bits per heavy atom. The summed E-state index contributed by atoms with van der Waals surface area (Å²) in [7, 11) is -3.98. The monoisotopic (exact) mass is 560 g/mol. The number of benzene rings is 1. The van der Waals surface area contributed by atoms with Crippen molar-refractivity contribution in [2.75, 3.05) is 0 Å². The van der Waals surface area contributed by atoms with Crippen molar-refractivity contribution in [2.24, 2.45) is 5.14 Å². The molecular weight excluding hydrogens is 550 g/mol. The van der Waals surface area contributed by atoms with Gasteiger partial charge in [-0.1, -0.05) is 17.3 Å². The summed E-state index contributed by atoms with van der Waals surface area (Å²) in [6.07, 6.45) is -8.66. The first-order chi connectivity index (χ1) is 17.2. The number of thiophene rings is 1. The zero-order valence-electron chi connectivity index (χ0n) is 17.7. The maximum absolute atomic E-state index is 13.8. The first kappa shape index (κ1) is 24.8. The second kappa shape index (κ2) is 8.35. The lowest BCUT2D eigenvalue weighted by Crippen LogP contribution is -2.12. The molecule has 4 heterocycles. The molecule has 0 saturated heterocycles. The number of hydrogen-bond donors (Lipinski definition) is 1. The van der Waals surface area contributed by atoms with Crippen LogP contribution in [0.5, 0.6) is 0 Å². The van der Waals surface area contributed by atoms with E-state index in [-0.39, 0.29) is 43.4 Å². The Hall–Kier alpha value is -3.83. The molecule has 0 unspecified atom stereocenters. The van der Waals surface area contributed by atoms with Gasteiger partial charge in [0, 0.05) is 5.56 Å². The van der Waals surface area contributed by atoms with E-state index in [2.05, 4.69) is 20.1 Å². The van der Waals surface area contributed by atoms with Crippen LogP contribution in [0.3, 0.4) is 0 Å². The highest BCUT2D eigenvalue weighted by molar-refractivity contribution is 7.91. The van der Waals surface area contributed by atoms with Crippen molar-refractivity contribution in [3.05, 3.63) is 60.0 Å². The molecule has 0 aliphatic rings. The van der Waals surface area contributed by atoms with Crippen LogP contribution in [0, 0.1) is 0 Å². The topological polar surface area (TPSA) is 129 Å². The third kappa shape index (κ3) is 4.67. The minimum Gasteiger partial charge on any atom is -0.332 e. The molecule has 17 heteroatoms. The number of nitrogens with zero attached hydrogens (tertiary/aromatic N) is 5. The van der Waals surface area contributed by atoms with Crippen LogP contribution in [0.4, 0.5) is 26.3 Å². The average Bonchev–Trinajstić information content (AvgIpc) is 3.55. The van der Waals surface area contributed by atoms with Crippen molar-refractivity contribution in [1.29, 1.82) is 0 Å². The summed E-state index contributed by atoms with van der Waals surface area (Å²) in [4.78, 5) is 12.4. The Labute approximate surface area is 206 Å². The first-order valence-electron chi connectivity index (χ1n) is 9.82. The highest BCUT2D eigenvalue weighted by atomic mass is 32.2. The number of primary sulfonamides is 1. The van der Waals surface area contributed by atoms with Crippen LogP contribution in [0.2, 0.25) is 0 Å². The lowest BCUT2D eigenvalue weighted by atomic mass is 10.1. The minimum absolute atomic E-state index is 0.00604. The van der Waals surface area contributed by atoms with Crippen LogP contribution >= 0.6 is 11.3 Å². The van der Waals surface area contributed by atoms with Crippen molar-refractivity contribution in [3.63, 3.8) is 0 Å². The highest BCUT2D eigenvalue weighted by Gasteiger charge is 2.36. The Kier molecular flexibility index (Phi) is 5.61. The van der Waals surface area contributed by atoms with E-state index in [1.54, 1.807) is 0 Å². The van der Waals surface area contributed by atoms with Gasteiger partial charge in [0.2, 0.25) is 15.8 Å². The molecule has 9 nitrogen and oxygen atoms in total. The zero-order chi connectivity index (χ0) is 26.8. The van der Waals surface area contributed by atoms with Gasteiger partial charge in [0.05, 0.1) is 16.1 Å². The number of aromatic nitrogens is 5. The van der Waals surface area contributed by atoms with E-state index >= 15 is 0 Å². The average molecular weight is 560 g/mol. The van der Waals surface area contributed by atoms with Crippen molar-refractivity contribution < 1.29 is 39.3 Å².